The summed E-state index contributed by atoms with van der Waals surface area (Å²) < 4.78 is 7.64. The second kappa shape index (κ2) is 9.95. The van der Waals surface area contributed by atoms with Crippen LogP contribution in [0.2, 0.25) is 0 Å². The van der Waals surface area contributed by atoms with Gasteiger partial charge < -0.3 is 25.0 Å². The van der Waals surface area contributed by atoms with E-state index in [-0.39, 0.29) is 23.9 Å². The number of hydrogen-bond acceptors (Lipinski definition) is 4. The van der Waals surface area contributed by atoms with Gasteiger partial charge in [0.2, 0.25) is 5.91 Å². The standard InChI is InChI=1S/C21H29N3O5/c1-5-6-9-29-19-17-10-15(23-14(4)25)7-8-16(17)20(26)24(12-13(2)3)18(19)11-22-21(27)28/h7-8,10,13,22H,5-6,9,11-12H2,1-4H3,(H,23,25)(H,27,28). The van der Waals surface area contributed by atoms with Gasteiger partial charge in [0.15, 0.2) is 0 Å². The van der Waals surface area contributed by atoms with Gasteiger partial charge in [-0.15, -0.1) is 0 Å². The molecule has 0 aliphatic rings. The van der Waals surface area contributed by atoms with Crippen LogP contribution in [-0.2, 0) is 17.9 Å². The van der Waals surface area contributed by atoms with Crippen LogP contribution in [0.3, 0.4) is 0 Å². The molecule has 0 unspecified atom stereocenters. The van der Waals surface area contributed by atoms with Gasteiger partial charge in [0.1, 0.15) is 5.75 Å². The minimum atomic E-state index is -1.18. The van der Waals surface area contributed by atoms with Crippen molar-refractivity contribution in [1.82, 2.24) is 9.88 Å². The zero-order valence-corrected chi connectivity index (χ0v) is 17.4. The molecule has 2 rings (SSSR count). The second-order valence-corrected chi connectivity index (χ2v) is 7.39. The lowest BCUT2D eigenvalue weighted by atomic mass is 10.1. The average Bonchev–Trinajstić information content (AvgIpc) is 2.63. The van der Waals surface area contributed by atoms with Crippen molar-refractivity contribution < 1.29 is 19.4 Å². The molecule has 0 atom stereocenters. The molecular formula is C21H29N3O5. The number of carbonyl (C=O) groups excluding carboxylic acids is 1. The van der Waals surface area contributed by atoms with Gasteiger partial charge in [-0.1, -0.05) is 27.2 Å². The van der Waals surface area contributed by atoms with Crippen molar-refractivity contribution in [2.24, 2.45) is 5.92 Å². The van der Waals surface area contributed by atoms with Crippen LogP contribution in [-0.4, -0.2) is 28.3 Å². The highest BCUT2D eigenvalue weighted by Crippen LogP contribution is 2.31. The molecule has 3 N–H and O–H groups in total. The third-order valence-electron chi connectivity index (χ3n) is 4.35. The van der Waals surface area contributed by atoms with Crippen molar-refractivity contribution >= 4 is 28.5 Å². The number of carboxylic acid groups (broad SMARTS) is 1. The normalized spacial score (nSPS) is 10.9. The van der Waals surface area contributed by atoms with Gasteiger partial charge in [-0.3, -0.25) is 9.59 Å². The maximum atomic E-state index is 13.2. The van der Waals surface area contributed by atoms with Crippen LogP contribution in [0.5, 0.6) is 5.75 Å². The molecule has 0 spiro atoms. The van der Waals surface area contributed by atoms with E-state index in [0.717, 1.165) is 12.8 Å². The topological polar surface area (TPSA) is 110 Å². The SMILES string of the molecule is CCCCOc1c(CNC(=O)O)n(CC(C)C)c(=O)c2ccc(NC(C)=O)cc12. The maximum absolute atomic E-state index is 13.2. The summed E-state index contributed by atoms with van der Waals surface area (Å²) in [5.74, 6) is 0.421. The number of benzene rings is 1. The number of amides is 2. The first-order chi connectivity index (χ1) is 13.7. The van der Waals surface area contributed by atoms with Gasteiger partial charge in [0, 0.05) is 24.5 Å². The largest absolute Gasteiger partial charge is 0.491 e. The molecule has 0 aliphatic heterocycles. The third kappa shape index (κ3) is 5.73. The molecule has 2 aromatic rings. The summed E-state index contributed by atoms with van der Waals surface area (Å²) in [6, 6.07) is 5.04. The fraction of sp³-hybridized carbons (Fsp3) is 0.476. The number of hydrogen-bond donors (Lipinski definition) is 3. The van der Waals surface area contributed by atoms with Crippen LogP contribution in [0.25, 0.3) is 10.8 Å². The van der Waals surface area contributed by atoms with Gasteiger partial charge in [-0.2, -0.15) is 0 Å². The maximum Gasteiger partial charge on any atom is 0.404 e. The van der Waals surface area contributed by atoms with Crippen LogP contribution in [0, 0.1) is 5.92 Å². The number of nitrogens with zero attached hydrogens (tertiary/aromatic N) is 1. The highest BCUT2D eigenvalue weighted by molar-refractivity contribution is 5.95. The molecule has 0 aliphatic carbocycles. The number of fused-ring (bicyclic) bond motifs is 1. The monoisotopic (exact) mass is 403 g/mol. The zero-order chi connectivity index (χ0) is 21.6. The first-order valence-corrected chi connectivity index (χ1v) is 9.81. The van der Waals surface area contributed by atoms with E-state index in [1.807, 2.05) is 20.8 Å². The Balaban J connectivity index is 2.76. The number of rotatable bonds is 9. The molecule has 29 heavy (non-hydrogen) atoms. The minimum Gasteiger partial charge on any atom is -0.491 e. The number of aromatic nitrogens is 1. The molecule has 1 heterocycles. The average molecular weight is 403 g/mol. The Hall–Kier alpha value is -3.03. The Kier molecular flexibility index (Phi) is 7.64. The fourth-order valence-electron chi connectivity index (χ4n) is 3.12. The van der Waals surface area contributed by atoms with E-state index in [0.29, 0.717) is 41.1 Å². The minimum absolute atomic E-state index is 0.0565. The lowest BCUT2D eigenvalue weighted by Gasteiger charge is -2.21. The van der Waals surface area contributed by atoms with E-state index < -0.39 is 6.09 Å². The van der Waals surface area contributed by atoms with E-state index in [1.54, 1.807) is 22.8 Å². The molecule has 8 heteroatoms. The van der Waals surface area contributed by atoms with Gasteiger partial charge in [0.05, 0.1) is 24.2 Å². The number of anilines is 1. The summed E-state index contributed by atoms with van der Waals surface area (Å²) in [4.78, 5) is 35.8. The summed E-state index contributed by atoms with van der Waals surface area (Å²) in [7, 11) is 0. The Morgan fingerprint density at radius 3 is 2.55 bits per heavy atom. The molecule has 0 saturated carbocycles. The van der Waals surface area contributed by atoms with Crippen molar-refractivity contribution in [3.8, 4) is 5.75 Å². The summed E-state index contributed by atoms with van der Waals surface area (Å²) in [5.41, 5.74) is 0.811. The van der Waals surface area contributed by atoms with Crippen LogP contribution in [0.15, 0.2) is 23.0 Å². The fourth-order valence-corrected chi connectivity index (χ4v) is 3.12. The van der Waals surface area contributed by atoms with Crippen LogP contribution in [0.1, 0.15) is 46.2 Å². The molecule has 0 saturated heterocycles. The van der Waals surface area contributed by atoms with Crippen molar-refractivity contribution in [2.45, 2.75) is 53.6 Å². The van der Waals surface area contributed by atoms with E-state index >= 15 is 0 Å². The highest BCUT2D eigenvalue weighted by atomic mass is 16.5. The van der Waals surface area contributed by atoms with Crippen molar-refractivity contribution in [1.29, 1.82) is 0 Å². The molecule has 158 valence electrons. The third-order valence-corrected chi connectivity index (χ3v) is 4.35. The predicted molar refractivity (Wildman–Crippen MR) is 113 cm³/mol. The number of ether oxygens (including phenoxy) is 1. The van der Waals surface area contributed by atoms with Crippen molar-refractivity contribution in [2.75, 3.05) is 11.9 Å². The number of pyridine rings is 1. The molecular weight excluding hydrogens is 374 g/mol. The van der Waals surface area contributed by atoms with Crippen molar-refractivity contribution in [3.05, 3.63) is 34.2 Å². The Bertz CT molecular complexity index is 949. The molecule has 1 aromatic carbocycles. The molecule has 0 radical (unpaired) electrons. The molecule has 2 amide bonds. The number of carbonyl (C=O) groups is 2. The number of unbranched alkanes of at least 4 members (excludes halogenated alkanes) is 1. The van der Waals surface area contributed by atoms with E-state index in [9.17, 15) is 14.4 Å². The molecule has 8 nitrogen and oxygen atoms in total. The number of nitrogens with one attached hydrogen (secondary N) is 2. The van der Waals surface area contributed by atoms with Crippen molar-refractivity contribution in [3.63, 3.8) is 0 Å². The lowest BCUT2D eigenvalue weighted by molar-refractivity contribution is -0.114. The van der Waals surface area contributed by atoms with E-state index in [1.165, 1.54) is 6.92 Å². The summed E-state index contributed by atoms with van der Waals surface area (Å²) in [6.45, 7) is 8.25. The summed E-state index contributed by atoms with van der Waals surface area (Å²) in [6.07, 6.45) is 0.575. The zero-order valence-electron chi connectivity index (χ0n) is 17.4. The second-order valence-electron chi connectivity index (χ2n) is 7.39. The Morgan fingerprint density at radius 1 is 1.24 bits per heavy atom. The quantitative estimate of drug-likeness (QED) is 0.555. The summed E-state index contributed by atoms with van der Waals surface area (Å²) >= 11 is 0. The Labute approximate surface area is 169 Å². The van der Waals surface area contributed by atoms with Crippen LogP contribution < -0.4 is 20.9 Å². The molecule has 0 fully saturated rings. The van der Waals surface area contributed by atoms with E-state index in [4.69, 9.17) is 9.84 Å². The van der Waals surface area contributed by atoms with Crippen LogP contribution >= 0.6 is 0 Å². The first-order valence-electron chi connectivity index (χ1n) is 9.81. The van der Waals surface area contributed by atoms with Gasteiger partial charge in [0.25, 0.3) is 5.56 Å². The predicted octanol–water partition coefficient (Wildman–Crippen LogP) is 3.56. The lowest BCUT2D eigenvalue weighted by Crippen LogP contribution is -2.31. The van der Waals surface area contributed by atoms with E-state index in [2.05, 4.69) is 10.6 Å². The van der Waals surface area contributed by atoms with Gasteiger partial charge >= 0.3 is 6.09 Å². The molecule has 0 bridgehead atoms. The summed E-state index contributed by atoms with van der Waals surface area (Å²) in [5, 5.41) is 15.2. The first kappa shape index (κ1) is 22.3. The van der Waals surface area contributed by atoms with Gasteiger partial charge in [-0.25, -0.2) is 4.79 Å². The Morgan fingerprint density at radius 2 is 1.97 bits per heavy atom. The van der Waals surface area contributed by atoms with Gasteiger partial charge in [-0.05, 0) is 30.5 Å². The molecule has 1 aromatic heterocycles. The van der Waals surface area contributed by atoms with Crippen LogP contribution in [0.4, 0.5) is 10.5 Å². The smallest absolute Gasteiger partial charge is 0.404 e. The highest BCUT2D eigenvalue weighted by Gasteiger charge is 2.20.